The van der Waals surface area contributed by atoms with Crippen molar-refractivity contribution in [2.45, 2.75) is 49.9 Å². The molecule has 0 bridgehead atoms. The first-order valence-corrected chi connectivity index (χ1v) is 12.1. The lowest BCUT2D eigenvalue weighted by Crippen LogP contribution is -2.68. The number of carbonyl (C=O) groups excluding carboxylic acids is 1. The van der Waals surface area contributed by atoms with Crippen LogP contribution in [0.15, 0.2) is 36.5 Å². The van der Waals surface area contributed by atoms with Gasteiger partial charge in [-0.15, -0.1) is 0 Å². The van der Waals surface area contributed by atoms with Crippen LogP contribution in [-0.4, -0.2) is 75.2 Å². The van der Waals surface area contributed by atoms with E-state index < -0.39 is 24.2 Å². The number of morpholine rings is 1. The van der Waals surface area contributed by atoms with Crippen molar-refractivity contribution in [1.29, 1.82) is 0 Å². The number of aliphatic hydroxyl groups excluding tert-OH is 1. The summed E-state index contributed by atoms with van der Waals surface area (Å²) in [6.45, 7) is 2.18. The van der Waals surface area contributed by atoms with E-state index in [0.29, 0.717) is 53.8 Å². The molecule has 1 spiro atoms. The standard InChI is InChI=1S/C25H28ClFN4O4/c1-15-12-30(25(14-35-15)9-20(32)10-25)24(33)18-7-21(34-2)23-28-22(29-31(23)13-18)8-17(11-27)16-4-3-5-19(26)6-16/h3-7,13,15,17,20,32H,8-12,14H2,1-2H3. The minimum absolute atomic E-state index is 0.102. The molecule has 35 heavy (non-hydrogen) atoms. The number of ether oxygens (including phenoxy) is 2. The fraction of sp³-hybridized carbons (Fsp3) is 0.480. The largest absolute Gasteiger partial charge is 0.493 e. The van der Waals surface area contributed by atoms with Crippen LogP contribution in [0.5, 0.6) is 5.75 Å². The molecule has 2 aliphatic rings. The molecule has 3 aromatic rings. The molecule has 2 unspecified atom stereocenters. The molecular weight excluding hydrogens is 475 g/mol. The highest BCUT2D eigenvalue weighted by Crippen LogP contribution is 2.42. The number of methoxy groups -OCH3 is 1. The third-order valence-corrected chi connectivity index (χ3v) is 7.21. The predicted molar refractivity (Wildman–Crippen MR) is 128 cm³/mol. The fourth-order valence-corrected chi connectivity index (χ4v) is 5.28. The molecule has 186 valence electrons. The Morgan fingerprint density at radius 3 is 2.89 bits per heavy atom. The van der Waals surface area contributed by atoms with Crippen LogP contribution in [0.4, 0.5) is 4.39 Å². The minimum atomic E-state index is -0.583. The van der Waals surface area contributed by atoms with Crippen LogP contribution >= 0.6 is 11.6 Å². The number of amides is 1. The molecule has 1 amide bonds. The smallest absolute Gasteiger partial charge is 0.256 e. The summed E-state index contributed by atoms with van der Waals surface area (Å²) in [5, 5.41) is 15.0. The molecule has 3 heterocycles. The van der Waals surface area contributed by atoms with Crippen molar-refractivity contribution < 1.29 is 23.8 Å². The molecule has 1 aliphatic heterocycles. The Bertz CT molecular complexity index is 1250. The lowest BCUT2D eigenvalue weighted by atomic mass is 9.72. The first kappa shape index (κ1) is 24.0. The van der Waals surface area contributed by atoms with Gasteiger partial charge in [0.1, 0.15) is 0 Å². The van der Waals surface area contributed by atoms with Crippen molar-refractivity contribution in [1.82, 2.24) is 19.5 Å². The lowest BCUT2D eigenvalue weighted by molar-refractivity contribution is -0.154. The number of rotatable bonds is 6. The highest BCUT2D eigenvalue weighted by Gasteiger charge is 2.53. The number of benzene rings is 1. The van der Waals surface area contributed by atoms with Gasteiger partial charge in [-0.25, -0.2) is 9.50 Å². The van der Waals surface area contributed by atoms with Crippen LogP contribution in [0.3, 0.4) is 0 Å². The monoisotopic (exact) mass is 502 g/mol. The van der Waals surface area contributed by atoms with E-state index >= 15 is 0 Å². The minimum Gasteiger partial charge on any atom is -0.493 e. The van der Waals surface area contributed by atoms with Crippen LogP contribution in [0, 0.1) is 0 Å². The summed E-state index contributed by atoms with van der Waals surface area (Å²) in [4.78, 5) is 20.0. The van der Waals surface area contributed by atoms with E-state index in [1.54, 1.807) is 30.5 Å². The molecule has 1 saturated heterocycles. The number of carbonyl (C=O) groups is 1. The van der Waals surface area contributed by atoms with Gasteiger partial charge in [0.2, 0.25) is 0 Å². The van der Waals surface area contributed by atoms with Crippen LogP contribution < -0.4 is 4.74 Å². The van der Waals surface area contributed by atoms with Crippen molar-refractivity contribution in [2.75, 3.05) is 26.9 Å². The highest BCUT2D eigenvalue weighted by atomic mass is 35.5. The molecule has 10 heteroatoms. The van der Waals surface area contributed by atoms with E-state index in [4.69, 9.17) is 21.1 Å². The van der Waals surface area contributed by atoms with E-state index in [1.165, 1.54) is 11.6 Å². The topological polar surface area (TPSA) is 89.2 Å². The Morgan fingerprint density at radius 2 is 2.20 bits per heavy atom. The van der Waals surface area contributed by atoms with E-state index in [2.05, 4.69) is 10.1 Å². The summed E-state index contributed by atoms with van der Waals surface area (Å²) >= 11 is 6.08. The summed E-state index contributed by atoms with van der Waals surface area (Å²) in [6.07, 6.45) is 2.35. The molecule has 8 nitrogen and oxygen atoms in total. The van der Waals surface area contributed by atoms with Crippen LogP contribution in [0.25, 0.3) is 5.65 Å². The SMILES string of the molecule is COc1cc(C(=O)N2CC(C)OCC23CC(O)C3)cn2nc(CC(CF)c3cccc(Cl)c3)nc12. The quantitative estimate of drug-likeness (QED) is 0.555. The predicted octanol–water partition coefficient (Wildman–Crippen LogP) is 3.44. The van der Waals surface area contributed by atoms with Crippen molar-refractivity contribution in [3.8, 4) is 5.75 Å². The molecule has 1 aliphatic carbocycles. The number of nitrogens with zero attached hydrogens (tertiary/aromatic N) is 4. The van der Waals surface area contributed by atoms with Gasteiger partial charge in [-0.05, 0) is 43.5 Å². The number of aliphatic hydroxyl groups is 1. The van der Waals surface area contributed by atoms with Crippen molar-refractivity contribution in [3.63, 3.8) is 0 Å². The molecule has 2 atom stereocenters. The van der Waals surface area contributed by atoms with E-state index in [1.807, 2.05) is 17.9 Å². The zero-order chi connectivity index (χ0) is 24.7. The Kier molecular flexibility index (Phi) is 6.41. The van der Waals surface area contributed by atoms with Crippen molar-refractivity contribution in [2.24, 2.45) is 0 Å². The number of pyridine rings is 1. The van der Waals surface area contributed by atoms with Gasteiger partial charge in [-0.1, -0.05) is 23.7 Å². The maximum atomic E-state index is 13.9. The normalized spacial score (nSPS) is 25.0. The number of alkyl halides is 1. The van der Waals surface area contributed by atoms with Gasteiger partial charge < -0.3 is 19.5 Å². The van der Waals surface area contributed by atoms with E-state index in [0.717, 1.165) is 5.56 Å². The van der Waals surface area contributed by atoms with Gasteiger partial charge in [0.25, 0.3) is 5.91 Å². The van der Waals surface area contributed by atoms with Crippen LogP contribution in [-0.2, 0) is 11.2 Å². The Balaban J connectivity index is 1.45. The molecule has 2 fully saturated rings. The Hall–Kier alpha value is -2.75. The molecule has 1 N–H and O–H groups in total. The van der Waals surface area contributed by atoms with Gasteiger partial charge >= 0.3 is 0 Å². The molecular formula is C25H28ClFN4O4. The third kappa shape index (κ3) is 4.48. The number of aromatic nitrogens is 3. The second kappa shape index (κ2) is 9.37. The Morgan fingerprint density at radius 1 is 1.40 bits per heavy atom. The third-order valence-electron chi connectivity index (χ3n) is 6.97. The van der Waals surface area contributed by atoms with Crippen molar-refractivity contribution in [3.05, 3.63) is 58.5 Å². The number of hydrogen-bond acceptors (Lipinski definition) is 6. The number of halogens is 2. The Labute approximate surface area is 207 Å². The van der Waals surface area contributed by atoms with E-state index in [9.17, 15) is 14.3 Å². The summed E-state index contributed by atoms with van der Waals surface area (Å²) in [5.41, 5.74) is 1.13. The number of fused-ring (bicyclic) bond motifs is 1. The van der Waals surface area contributed by atoms with Gasteiger partial charge in [-0.3, -0.25) is 9.18 Å². The first-order chi connectivity index (χ1) is 16.8. The second-order valence-corrected chi connectivity index (χ2v) is 9.96. The maximum Gasteiger partial charge on any atom is 0.256 e. The second-order valence-electron chi connectivity index (χ2n) is 9.53. The molecule has 5 rings (SSSR count). The molecule has 1 saturated carbocycles. The van der Waals surface area contributed by atoms with Crippen LogP contribution in [0.1, 0.15) is 47.4 Å². The summed E-state index contributed by atoms with van der Waals surface area (Å²) in [5.74, 6) is 0.218. The van der Waals surface area contributed by atoms with Gasteiger partial charge in [-0.2, -0.15) is 5.10 Å². The van der Waals surface area contributed by atoms with Gasteiger partial charge in [0, 0.05) is 30.1 Å². The first-order valence-electron chi connectivity index (χ1n) is 11.7. The molecule has 2 aromatic heterocycles. The molecule has 0 radical (unpaired) electrons. The van der Waals surface area contributed by atoms with Crippen molar-refractivity contribution >= 4 is 23.2 Å². The zero-order valence-electron chi connectivity index (χ0n) is 19.7. The van der Waals surface area contributed by atoms with Crippen LogP contribution in [0.2, 0.25) is 5.02 Å². The van der Waals surface area contributed by atoms with Gasteiger partial charge in [0.05, 0.1) is 43.7 Å². The summed E-state index contributed by atoms with van der Waals surface area (Å²) < 4.78 is 26.8. The van der Waals surface area contributed by atoms with E-state index in [-0.39, 0.29) is 18.4 Å². The average molecular weight is 503 g/mol. The molecule has 1 aromatic carbocycles. The average Bonchev–Trinajstić information content (AvgIpc) is 3.24. The number of hydrogen-bond donors (Lipinski definition) is 1. The maximum absolute atomic E-state index is 13.9. The summed E-state index contributed by atoms with van der Waals surface area (Å²) in [7, 11) is 1.51. The highest BCUT2D eigenvalue weighted by molar-refractivity contribution is 6.30. The summed E-state index contributed by atoms with van der Waals surface area (Å²) in [6, 6.07) is 8.77. The lowest BCUT2D eigenvalue weighted by Gasteiger charge is -2.55. The fourth-order valence-electron chi connectivity index (χ4n) is 5.08. The zero-order valence-corrected chi connectivity index (χ0v) is 20.4. The van der Waals surface area contributed by atoms with Gasteiger partial charge in [0.15, 0.2) is 17.2 Å².